The first kappa shape index (κ1) is 29.9. The standard InChI is InChI=1S/C24H29N3O4S.C2HF3O2/c25-23(28)22-21(17-7-3-1-4-8-17)15-16-27(22)19-13-11-18(12-14-19)24(29)26-32(30,31)20-9-5-2-6-10-20;3-2(4,5)1(6)7/h2,5-6,9-14,17,21-22H,1,3-4,7-8,15-16H2,(H2,25,28)(H,26,29);(H,6,7)/t21-,22-;/m0./s1. The highest BCUT2D eigenvalue weighted by atomic mass is 32.2. The number of carbonyl (C=O) groups excluding carboxylic acids is 2. The molecule has 4 rings (SSSR count). The van der Waals surface area contributed by atoms with Gasteiger partial charge in [0.25, 0.3) is 15.9 Å². The van der Waals surface area contributed by atoms with Crippen molar-refractivity contribution in [2.24, 2.45) is 17.6 Å². The molecule has 0 spiro atoms. The fraction of sp³-hybridized carbons (Fsp3) is 0.423. The Bertz CT molecular complexity index is 1260. The number of nitrogens with one attached hydrogen (secondary N) is 1. The molecule has 0 unspecified atom stereocenters. The van der Waals surface area contributed by atoms with Crippen LogP contribution in [0.5, 0.6) is 0 Å². The van der Waals surface area contributed by atoms with Gasteiger partial charge in [-0.05, 0) is 54.7 Å². The first-order valence-electron chi connectivity index (χ1n) is 12.4. The van der Waals surface area contributed by atoms with Gasteiger partial charge >= 0.3 is 12.1 Å². The molecule has 212 valence electrons. The van der Waals surface area contributed by atoms with Crippen LogP contribution in [-0.2, 0) is 19.6 Å². The lowest BCUT2D eigenvalue weighted by atomic mass is 9.76. The van der Waals surface area contributed by atoms with Crippen LogP contribution in [0, 0.1) is 11.8 Å². The van der Waals surface area contributed by atoms with Gasteiger partial charge in [0.2, 0.25) is 5.91 Å². The molecule has 9 nitrogen and oxygen atoms in total. The highest BCUT2D eigenvalue weighted by molar-refractivity contribution is 7.90. The minimum absolute atomic E-state index is 0.0279. The Hall–Kier alpha value is -3.61. The molecule has 13 heteroatoms. The molecule has 2 atom stereocenters. The van der Waals surface area contributed by atoms with Crippen LogP contribution in [0.4, 0.5) is 18.9 Å². The molecular formula is C26H30F3N3O6S. The van der Waals surface area contributed by atoms with Gasteiger partial charge in [0, 0.05) is 17.8 Å². The zero-order valence-corrected chi connectivity index (χ0v) is 21.7. The molecule has 0 aromatic heterocycles. The second kappa shape index (κ2) is 12.5. The van der Waals surface area contributed by atoms with E-state index >= 15 is 0 Å². The van der Waals surface area contributed by atoms with Gasteiger partial charge in [-0.3, -0.25) is 9.59 Å². The van der Waals surface area contributed by atoms with Crippen molar-refractivity contribution in [1.82, 2.24) is 4.72 Å². The van der Waals surface area contributed by atoms with Crippen LogP contribution in [-0.4, -0.2) is 50.1 Å². The molecule has 2 aromatic rings. The van der Waals surface area contributed by atoms with Crippen molar-refractivity contribution >= 4 is 33.5 Å². The van der Waals surface area contributed by atoms with E-state index in [1.54, 1.807) is 42.5 Å². The number of hydrogen-bond donors (Lipinski definition) is 3. The van der Waals surface area contributed by atoms with Crippen molar-refractivity contribution in [3.63, 3.8) is 0 Å². The van der Waals surface area contributed by atoms with Gasteiger partial charge in [-0.15, -0.1) is 0 Å². The van der Waals surface area contributed by atoms with Crippen LogP contribution in [0.15, 0.2) is 59.5 Å². The minimum Gasteiger partial charge on any atom is -0.475 e. The first-order valence-corrected chi connectivity index (χ1v) is 13.9. The molecule has 2 aromatic carbocycles. The normalized spacial score (nSPS) is 20.0. The highest BCUT2D eigenvalue weighted by Gasteiger charge is 2.42. The maximum Gasteiger partial charge on any atom is 0.490 e. The van der Waals surface area contributed by atoms with E-state index in [-0.39, 0.29) is 28.3 Å². The summed E-state index contributed by atoms with van der Waals surface area (Å²) in [6, 6.07) is 14.1. The largest absolute Gasteiger partial charge is 0.490 e. The summed E-state index contributed by atoms with van der Waals surface area (Å²) in [5.74, 6) is -2.99. The SMILES string of the molecule is NC(=O)[C@@H]1[C@H](C2CCCCC2)CCN1c1ccc(C(=O)NS(=O)(=O)c2ccccc2)cc1.O=C(O)C(F)(F)F. The number of aliphatic carboxylic acids is 1. The van der Waals surface area contributed by atoms with Gasteiger partial charge in [-0.2, -0.15) is 13.2 Å². The number of nitrogens with zero attached hydrogens (tertiary/aromatic N) is 1. The number of hydrogen-bond acceptors (Lipinski definition) is 6. The number of amides is 2. The maximum atomic E-state index is 12.5. The number of alkyl halides is 3. The molecule has 0 radical (unpaired) electrons. The van der Waals surface area contributed by atoms with Gasteiger partial charge in [-0.1, -0.05) is 50.3 Å². The predicted molar refractivity (Wildman–Crippen MR) is 136 cm³/mol. The molecule has 1 saturated carbocycles. The molecular weight excluding hydrogens is 539 g/mol. The van der Waals surface area contributed by atoms with E-state index < -0.39 is 28.1 Å². The number of anilines is 1. The third kappa shape index (κ3) is 7.71. The van der Waals surface area contributed by atoms with E-state index in [0.717, 1.165) is 31.5 Å². The monoisotopic (exact) mass is 569 g/mol. The lowest BCUT2D eigenvalue weighted by Crippen LogP contribution is -2.46. The highest BCUT2D eigenvalue weighted by Crippen LogP contribution is 2.40. The molecule has 1 aliphatic carbocycles. The number of primary amides is 1. The van der Waals surface area contributed by atoms with Crippen molar-refractivity contribution in [3.05, 3.63) is 60.2 Å². The number of nitrogens with two attached hydrogens (primary N) is 1. The number of carboxylic acid groups (broad SMARTS) is 1. The fourth-order valence-corrected chi connectivity index (χ4v) is 6.17. The van der Waals surface area contributed by atoms with E-state index in [1.165, 1.54) is 31.4 Å². The number of benzene rings is 2. The van der Waals surface area contributed by atoms with E-state index in [4.69, 9.17) is 15.6 Å². The summed E-state index contributed by atoms with van der Waals surface area (Å²) >= 11 is 0. The Kier molecular flexibility index (Phi) is 9.59. The average molecular weight is 570 g/mol. The molecule has 0 bridgehead atoms. The predicted octanol–water partition coefficient (Wildman–Crippen LogP) is 3.70. The number of carbonyl (C=O) groups is 3. The van der Waals surface area contributed by atoms with Crippen LogP contribution in [0.1, 0.15) is 48.9 Å². The Balaban J connectivity index is 0.000000532. The number of rotatable bonds is 6. The van der Waals surface area contributed by atoms with Gasteiger partial charge in [0.15, 0.2) is 0 Å². The molecule has 2 aliphatic rings. The summed E-state index contributed by atoms with van der Waals surface area (Å²) in [7, 11) is -3.94. The third-order valence-corrected chi connectivity index (χ3v) is 8.32. The van der Waals surface area contributed by atoms with Crippen LogP contribution in [0.2, 0.25) is 0 Å². The second-order valence-electron chi connectivity index (χ2n) is 9.49. The van der Waals surface area contributed by atoms with Crippen molar-refractivity contribution in [1.29, 1.82) is 0 Å². The zero-order chi connectivity index (χ0) is 28.8. The first-order chi connectivity index (χ1) is 18.3. The smallest absolute Gasteiger partial charge is 0.475 e. The molecule has 4 N–H and O–H groups in total. The average Bonchev–Trinajstić information content (AvgIpc) is 3.35. The topological polar surface area (TPSA) is 147 Å². The van der Waals surface area contributed by atoms with Gasteiger partial charge in [0.05, 0.1) is 4.90 Å². The van der Waals surface area contributed by atoms with Gasteiger partial charge < -0.3 is 15.7 Å². The van der Waals surface area contributed by atoms with Crippen LogP contribution < -0.4 is 15.4 Å². The molecule has 2 fully saturated rings. The Morgan fingerprint density at radius 2 is 1.49 bits per heavy atom. The summed E-state index contributed by atoms with van der Waals surface area (Å²) in [5, 5.41) is 7.12. The van der Waals surface area contributed by atoms with Gasteiger partial charge in [-0.25, -0.2) is 17.9 Å². The number of sulfonamides is 1. The van der Waals surface area contributed by atoms with Crippen molar-refractivity contribution in [2.75, 3.05) is 11.4 Å². The molecule has 1 saturated heterocycles. The minimum atomic E-state index is -5.08. The molecule has 1 aliphatic heterocycles. The fourth-order valence-electron chi connectivity index (χ4n) is 5.17. The third-order valence-electron chi connectivity index (χ3n) is 6.98. The molecule has 1 heterocycles. The summed E-state index contributed by atoms with van der Waals surface area (Å²) in [6.07, 6.45) is 1.83. The van der Waals surface area contributed by atoms with E-state index in [0.29, 0.717) is 5.92 Å². The van der Waals surface area contributed by atoms with Gasteiger partial charge in [0.1, 0.15) is 6.04 Å². The Morgan fingerprint density at radius 1 is 0.923 bits per heavy atom. The number of carboxylic acids is 1. The van der Waals surface area contributed by atoms with E-state index in [1.807, 2.05) is 4.90 Å². The molecule has 2 amide bonds. The number of halogens is 3. The summed E-state index contributed by atoms with van der Waals surface area (Å²) in [4.78, 5) is 35.8. The summed E-state index contributed by atoms with van der Waals surface area (Å²) in [6.45, 7) is 0.739. The van der Waals surface area contributed by atoms with Crippen LogP contribution in [0.25, 0.3) is 0 Å². The van der Waals surface area contributed by atoms with Crippen molar-refractivity contribution in [2.45, 2.75) is 55.6 Å². The van der Waals surface area contributed by atoms with Crippen LogP contribution >= 0.6 is 0 Å². The lowest BCUT2D eigenvalue weighted by molar-refractivity contribution is -0.192. The summed E-state index contributed by atoms with van der Waals surface area (Å²) < 4.78 is 58.6. The van der Waals surface area contributed by atoms with Crippen molar-refractivity contribution in [3.8, 4) is 0 Å². The zero-order valence-electron chi connectivity index (χ0n) is 20.9. The summed E-state index contributed by atoms with van der Waals surface area (Å²) in [5.41, 5.74) is 6.86. The van der Waals surface area contributed by atoms with E-state index in [2.05, 4.69) is 4.72 Å². The quantitative estimate of drug-likeness (QED) is 0.481. The maximum absolute atomic E-state index is 12.5. The second-order valence-corrected chi connectivity index (χ2v) is 11.2. The lowest BCUT2D eigenvalue weighted by Gasteiger charge is -2.33. The molecule has 39 heavy (non-hydrogen) atoms. The van der Waals surface area contributed by atoms with E-state index in [9.17, 15) is 31.2 Å². The Labute approximate surface area is 224 Å². The Morgan fingerprint density at radius 3 is 2.00 bits per heavy atom. The van der Waals surface area contributed by atoms with Crippen molar-refractivity contribution < 1.29 is 41.1 Å². The van der Waals surface area contributed by atoms with Crippen LogP contribution in [0.3, 0.4) is 0 Å².